The van der Waals surface area contributed by atoms with Crippen molar-refractivity contribution in [1.82, 2.24) is 0 Å². The third kappa shape index (κ3) is 6.64. The van der Waals surface area contributed by atoms with E-state index < -0.39 is 30.1 Å². The minimum Gasteiger partial charge on any atom is -0.227 e. The number of sulfone groups is 2. The van der Waals surface area contributed by atoms with Crippen molar-refractivity contribution in [1.29, 1.82) is 0 Å². The molecule has 0 heterocycles. The van der Waals surface area contributed by atoms with Crippen LogP contribution in [0.4, 0.5) is 0 Å². The molecule has 0 bridgehead atoms. The molecule has 0 aliphatic rings. The second kappa shape index (κ2) is 5.95. The predicted octanol–water partition coefficient (Wildman–Crippen LogP) is 0.765. The lowest BCUT2D eigenvalue weighted by molar-refractivity contribution is 0.600. The lowest BCUT2D eigenvalue weighted by Gasteiger charge is -1.94. The van der Waals surface area contributed by atoms with Crippen LogP contribution < -0.4 is 0 Å². The lowest BCUT2D eigenvalue weighted by atomic mass is 10.6. The molecule has 0 fully saturated rings. The lowest BCUT2D eigenvalue weighted by Crippen LogP contribution is -2.07. The number of halogens is 2. The normalized spacial score (nSPS) is 13.6. The van der Waals surface area contributed by atoms with Gasteiger partial charge in [-0.05, 0) is 0 Å². The zero-order chi connectivity index (χ0) is 11.2. The summed E-state index contributed by atoms with van der Waals surface area (Å²) >= 11 is 10.3. The van der Waals surface area contributed by atoms with E-state index in [-0.39, 0.29) is 11.5 Å². The molecule has 0 aliphatic heterocycles. The Kier molecular flexibility index (Phi) is 6.04. The highest BCUT2D eigenvalue weighted by molar-refractivity contribution is 7.93. The minimum absolute atomic E-state index is 0.256. The SMILES string of the molecule is O=S(=O)(CCl)CC=CCS(=O)(=O)CCl. The molecule has 14 heavy (non-hydrogen) atoms. The highest BCUT2D eigenvalue weighted by Crippen LogP contribution is 1.97. The Bertz CT molecular complexity index is 344. The van der Waals surface area contributed by atoms with E-state index in [9.17, 15) is 16.8 Å². The van der Waals surface area contributed by atoms with E-state index in [2.05, 4.69) is 0 Å². The second-order valence-electron chi connectivity index (χ2n) is 2.51. The Morgan fingerprint density at radius 3 is 1.29 bits per heavy atom. The Labute approximate surface area is 93.7 Å². The van der Waals surface area contributed by atoms with E-state index in [1.54, 1.807) is 0 Å². The van der Waals surface area contributed by atoms with E-state index >= 15 is 0 Å². The van der Waals surface area contributed by atoms with Crippen LogP contribution in [0.25, 0.3) is 0 Å². The number of alkyl halides is 2. The second-order valence-corrected chi connectivity index (χ2v) is 7.90. The monoisotopic (exact) mass is 280 g/mol. The first kappa shape index (κ1) is 14.2. The molecule has 0 aromatic heterocycles. The predicted molar refractivity (Wildman–Crippen MR) is 58.2 cm³/mol. The van der Waals surface area contributed by atoms with Crippen LogP contribution in [0.5, 0.6) is 0 Å². The first-order chi connectivity index (χ1) is 6.33. The van der Waals surface area contributed by atoms with Gasteiger partial charge in [0.1, 0.15) is 10.4 Å². The fourth-order valence-corrected chi connectivity index (χ4v) is 2.09. The first-order valence-corrected chi connectivity index (χ1v) is 8.22. The molecule has 0 saturated carbocycles. The summed E-state index contributed by atoms with van der Waals surface area (Å²) in [5.41, 5.74) is 0. The smallest absolute Gasteiger partial charge is 0.167 e. The van der Waals surface area contributed by atoms with Crippen LogP contribution in [0.2, 0.25) is 0 Å². The quantitative estimate of drug-likeness (QED) is 0.532. The van der Waals surface area contributed by atoms with E-state index in [4.69, 9.17) is 23.2 Å². The zero-order valence-electron chi connectivity index (χ0n) is 7.19. The number of hydrogen-bond donors (Lipinski definition) is 0. The molecule has 0 N–H and O–H groups in total. The molecule has 0 saturated heterocycles. The number of hydrogen-bond acceptors (Lipinski definition) is 4. The molecule has 0 aromatic rings. The van der Waals surface area contributed by atoms with Gasteiger partial charge >= 0.3 is 0 Å². The maximum atomic E-state index is 10.8. The zero-order valence-corrected chi connectivity index (χ0v) is 10.3. The van der Waals surface area contributed by atoms with Crippen molar-refractivity contribution in [2.45, 2.75) is 0 Å². The van der Waals surface area contributed by atoms with Gasteiger partial charge in [-0.25, -0.2) is 16.8 Å². The van der Waals surface area contributed by atoms with Crippen molar-refractivity contribution in [3.63, 3.8) is 0 Å². The Morgan fingerprint density at radius 1 is 0.786 bits per heavy atom. The van der Waals surface area contributed by atoms with Crippen molar-refractivity contribution in [2.75, 3.05) is 21.9 Å². The summed E-state index contributed by atoms with van der Waals surface area (Å²) in [4.78, 5) is 0. The topological polar surface area (TPSA) is 68.3 Å². The third-order valence-corrected chi connectivity index (χ3v) is 5.26. The van der Waals surface area contributed by atoms with Gasteiger partial charge in [-0.2, -0.15) is 0 Å². The van der Waals surface area contributed by atoms with Gasteiger partial charge in [-0.15, -0.1) is 23.2 Å². The molecule has 0 aliphatic carbocycles. The van der Waals surface area contributed by atoms with Gasteiger partial charge in [0.2, 0.25) is 0 Å². The van der Waals surface area contributed by atoms with Crippen molar-refractivity contribution < 1.29 is 16.8 Å². The summed E-state index contributed by atoms with van der Waals surface area (Å²) < 4.78 is 43.3. The summed E-state index contributed by atoms with van der Waals surface area (Å²) in [6.07, 6.45) is 2.50. The summed E-state index contributed by atoms with van der Waals surface area (Å²) in [5, 5.41) is -0.945. The molecule has 0 unspecified atom stereocenters. The highest BCUT2D eigenvalue weighted by Gasteiger charge is 2.07. The molecule has 0 spiro atoms. The number of rotatable bonds is 6. The molecular weight excluding hydrogens is 271 g/mol. The molecule has 4 nitrogen and oxygen atoms in total. The van der Waals surface area contributed by atoms with Crippen LogP contribution >= 0.6 is 23.2 Å². The highest BCUT2D eigenvalue weighted by atomic mass is 35.5. The third-order valence-electron chi connectivity index (χ3n) is 1.20. The van der Waals surface area contributed by atoms with Crippen LogP contribution in [0.15, 0.2) is 12.2 Å². The standard InChI is InChI=1S/C6H10Cl2O4S2/c7-5-13(9,10)3-1-2-4-14(11,12)6-8/h1-2H,3-6H2. The first-order valence-electron chi connectivity index (χ1n) is 3.51. The fraction of sp³-hybridized carbons (Fsp3) is 0.667. The maximum Gasteiger partial charge on any atom is 0.167 e. The summed E-state index contributed by atoms with van der Waals surface area (Å²) in [6, 6.07) is 0. The molecule has 84 valence electrons. The van der Waals surface area contributed by atoms with E-state index in [0.717, 1.165) is 0 Å². The molecule has 8 heteroatoms. The van der Waals surface area contributed by atoms with Gasteiger partial charge in [0.25, 0.3) is 0 Å². The molecule has 0 aromatic carbocycles. The van der Waals surface area contributed by atoms with Crippen LogP contribution in [0.1, 0.15) is 0 Å². The van der Waals surface area contributed by atoms with E-state index in [1.165, 1.54) is 12.2 Å². The van der Waals surface area contributed by atoms with Gasteiger partial charge in [0, 0.05) is 0 Å². The maximum absolute atomic E-state index is 10.8. The molecule has 0 amide bonds. The average molecular weight is 281 g/mol. The van der Waals surface area contributed by atoms with Crippen molar-refractivity contribution >= 4 is 42.9 Å². The van der Waals surface area contributed by atoms with Crippen molar-refractivity contribution in [3.05, 3.63) is 12.2 Å². The summed E-state index contributed by atoms with van der Waals surface area (Å²) in [6.45, 7) is 0. The Hall–Kier alpha value is 0.220. The van der Waals surface area contributed by atoms with E-state index in [1.807, 2.05) is 0 Å². The minimum atomic E-state index is -3.29. The largest absolute Gasteiger partial charge is 0.227 e. The molecule has 0 atom stereocenters. The molecule has 0 rings (SSSR count). The fourth-order valence-electron chi connectivity index (χ4n) is 0.518. The van der Waals surface area contributed by atoms with Crippen LogP contribution in [-0.2, 0) is 19.7 Å². The van der Waals surface area contributed by atoms with Gasteiger partial charge in [0.05, 0.1) is 11.5 Å². The van der Waals surface area contributed by atoms with Crippen LogP contribution in [0, 0.1) is 0 Å². The van der Waals surface area contributed by atoms with E-state index in [0.29, 0.717) is 0 Å². The molecule has 0 radical (unpaired) electrons. The van der Waals surface area contributed by atoms with Crippen molar-refractivity contribution in [2.24, 2.45) is 0 Å². The van der Waals surface area contributed by atoms with Crippen molar-refractivity contribution in [3.8, 4) is 0 Å². The van der Waals surface area contributed by atoms with Gasteiger partial charge in [-0.1, -0.05) is 12.2 Å². The summed E-state index contributed by atoms with van der Waals surface area (Å²) in [5.74, 6) is -0.511. The van der Waals surface area contributed by atoms with Gasteiger partial charge in [-0.3, -0.25) is 0 Å². The van der Waals surface area contributed by atoms with Gasteiger partial charge in [0.15, 0.2) is 19.7 Å². The van der Waals surface area contributed by atoms with Crippen LogP contribution in [-0.4, -0.2) is 38.8 Å². The Morgan fingerprint density at radius 2 is 1.07 bits per heavy atom. The average Bonchev–Trinajstić information content (AvgIpc) is 2.13. The van der Waals surface area contributed by atoms with Gasteiger partial charge < -0.3 is 0 Å². The Balaban J connectivity index is 4.12. The summed E-state index contributed by atoms with van der Waals surface area (Å²) in [7, 11) is -6.59. The van der Waals surface area contributed by atoms with Crippen LogP contribution in [0.3, 0.4) is 0 Å². The molecular formula is C6H10Cl2O4S2.